The molecule has 3 heteroatoms. The van der Waals surface area contributed by atoms with Gasteiger partial charge in [-0.05, 0) is 31.4 Å². The van der Waals surface area contributed by atoms with E-state index in [-0.39, 0.29) is 10.3 Å². The quantitative estimate of drug-likeness (QED) is 0.871. The molecule has 1 N–H and O–H groups in total. The van der Waals surface area contributed by atoms with Crippen LogP contribution in [0, 0.1) is 0 Å². The van der Waals surface area contributed by atoms with Gasteiger partial charge in [0.05, 0.1) is 0 Å². The molecule has 1 aromatic carbocycles. The van der Waals surface area contributed by atoms with Crippen LogP contribution in [0.5, 0.6) is 0 Å². The summed E-state index contributed by atoms with van der Waals surface area (Å²) in [5.74, 6) is -1.57. The molecule has 2 nitrogen and oxygen atoms in total. The van der Waals surface area contributed by atoms with Crippen molar-refractivity contribution in [2.75, 3.05) is 6.98 Å². The Bertz CT molecular complexity index is 734. The van der Waals surface area contributed by atoms with E-state index >= 15 is 0 Å². The van der Waals surface area contributed by atoms with Gasteiger partial charge in [0.15, 0.2) is 5.78 Å². The molecular weight excluding hydrogens is 222 g/mol. The minimum atomic E-state index is -3.36. The largest absolute Gasteiger partial charge is 0.304 e. The molecule has 1 aliphatic rings. The van der Waals surface area contributed by atoms with E-state index in [4.69, 9.17) is 25.3 Å². The van der Waals surface area contributed by atoms with Gasteiger partial charge in [-0.2, -0.15) is 0 Å². The topological polar surface area (TPSA) is 29.1 Å². The van der Waals surface area contributed by atoms with Crippen LogP contribution in [-0.2, 0) is 10.3 Å². The molecule has 1 unspecified atom stereocenters. The molecule has 0 amide bonds. The van der Waals surface area contributed by atoms with Crippen molar-refractivity contribution in [3.05, 3.63) is 34.9 Å². The molecule has 0 aliphatic heterocycles. The zero-order chi connectivity index (χ0) is 20.3. The van der Waals surface area contributed by atoms with Gasteiger partial charge in [-0.1, -0.05) is 36.2 Å². The van der Waals surface area contributed by atoms with Crippen LogP contribution < -0.4 is 5.31 Å². The summed E-state index contributed by atoms with van der Waals surface area (Å²) in [6.45, 7) is -3.36. The maximum Gasteiger partial charge on any atom is 0.157 e. The van der Waals surface area contributed by atoms with Crippen molar-refractivity contribution >= 4 is 17.4 Å². The molecule has 0 saturated heterocycles. The van der Waals surface area contributed by atoms with Crippen molar-refractivity contribution in [2.45, 2.75) is 31.1 Å². The monoisotopic (exact) mass is 247 g/mol. The van der Waals surface area contributed by atoms with Crippen LogP contribution in [0.4, 0.5) is 0 Å². The van der Waals surface area contributed by atoms with E-state index in [0.29, 0.717) is 0 Å². The number of hydrogen-bond acceptors (Lipinski definition) is 2. The number of ketones is 1. The third-order valence-electron chi connectivity index (χ3n) is 2.37. The van der Waals surface area contributed by atoms with Crippen molar-refractivity contribution in [1.82, 2.24) is 5.31 Å². The highest BCUT2D eigenvalue weighted by Crippen LogP contribution is 2.37. The molecule has 16 heavy (non-hydrogen) atoms. The summed E-state index contributed by atoms with van der Waals surface area (Å²) in [7, 11) is 0. The highest BCUT2D eigenvalue weighted by Gasteiger charge is 2.40. The summed E-state index contributed by atoms with van der Waals surface area (Å²) in [5, 5.41) is -0.613. The van der Waals surface area contributed by atoms with Crippen LogP contribution in [0.1, 0.15) is 43.4 Å². The van der Waals surface area contributed by atoms with Crippen molar-refractivity contribution in [3.63, 3.8) is 0 Å². The number of hydrogen-bond donors (Lipinski definition) is 1. The lowest BCUT2D eigenvalue weighted by molar-refractivity contribution is -0.127. The summed E-state index contributed by atoms with van der Waals surface area (Å²) in [6, 6.07) is 5.08. The second kappa shape index (κ2) is 4.56. The average molecular weight is 248 g/mol. The fourth-order valence-corrected chi connectivity index (χ4v) is 1.84. The van der Waals surface area contributed by atoms with Gasteiger partial charge in [0, 0.05) is 23.7 Å². The van der Waals surface area contributed by atoms with Crippen LogP contribution in [0.25, 0.3) is 0 Å². The van der Waals surface area contributed by atoms with Gasteiger partial charge in [0.25, 0.3) is 0 Å². The number of likely N-dealkylation sites (N-methyl/N-ethyl adjacent to an activating group) is 1. The molecule has 0 bridgehead atoms. The van der Waals surface area contributed by atoms with Gasteiger partial charge in [0.1, 0.15) is 6.95 Å². The zero-order valence-electron chi connectivity index (χ0n) is 18.2. The first kappa shape index (κ1) is 4.43. The molecule has 2 rings (SSSR count). The number of carbonyl (C=O) groups is 1. The highest BCUT2D eigenvalue weighted by atomic mass is 35.5. The number of benzene rings is 1. The Morgan fingerprint density at radius 1 is 1.62 bits per heavy atom. The normalized spacial score (nSPS) is 45.5. The fraction of sp³-hybridized carbons (Fsp3) is 0.462. The zero-order valence-corrected chi connectivity index (χ0v) is 9.01. The van der Waals surface area contributed by atoms with Crippen LogP contribution in [0.2, 0.25) is 6.43 Å². The van der Waals surface area contributed by atoms with Gasteiger partial charge >= 0.3 is 0 Å². The minimum absolute atomic E-state index is 0.278. The Hall–Kier alpha value is -0.860. The van der Waals surface area contributed by atoms with Crippen LogP contribution in [0.15, 0.2) is 24.3 Å². The summed E-state index contributed by atoms with van der Waals surface area (Å²) in [4.78, 5) is 13.1. The lowest BCUT2D eigenvalue weighted by Crippen LogP contribution is -2.49. The third kappa shape index (κ3) is 1.76. The van der Waals surface area contributed by atoms with E-state index in [9.17, 15) is 4.79 Å². The molecule has 0 aromatic heterocycles. The van der Waals surface area contributed by atoms with Crippen LogP contribution in [0.3, 0.4) is 0 Å². The molecule has 1 fully saturated rings. The Morgan fingerprint density at radius 2 is 2.44 bits per heavy atom. The SMILES string of the molecule is [2H]N(C([2H])([2H])[2H])C1(c2ccccc2Cl)C(=O)C([2H])([2H])CC([2H])([2H])C1([2H])[2H]. The predicted octanol–water partition coefficient (Wildman–Crippen LogP) is 2.90. The predicted molar refractivity (Wildman–Crippen MR) is 65.7 cm³/mol. The Kier molecular flexibility index (Phi) is 1.26. The van der Waals surface area contributed by atoms with Crippen LogP contribution >= 0.6 is 11.6 Å². The fourth-order valence-electron chi connectivity index (χ4n) is 1.56. The first-order valence-corrected chi connectivity index (χ1v) is 5.00. The van der Waals surface area contributed by atoms with Crippen molar-refractivity contribution in [2.24, 2.45) is 0 Å². The molecule has 1 aliphatic carbocycles. The van der Waals surface area contributed by atoms with E-state index in [0.717, 1.165) is 6.07 Å². The van der Waals surface area contributed by atoms with Gasteiger partial charge in [-0.15, -0.1) is 0 Å². The standard InChI is InChI=1S/C13H16ClNO/c1-15-13(9-5-4-8-12(13)16)10-6-2-3-7-11(10)14/h2-3,6-7,15H,4-5,8-9H2,1H3/i1D3,5D2,8D2,9D2/hD. The summed E-state index contributed by atoms with van der Waals surface area (Å²) in [6.07, 6.45) is -10.3. The van der Waals surface area contributed by atoms with Gasteiger partial charge in [-0.3, -0.25) is 4.79 Å². The molecule has 1 atom stereocenters. The number of rotatable bonds is 2. The first-order valence-electron chi connectivity index (χ1n) is 9.57. The lowest BCUT2D eigenvalue weighted by Gasteiger charge is -2.36. The first-order chi connectivity index (χ1) is 11.5. The van der Waals surface area contributed by atoms with Crippen LogP contribution in [-0.4, -0.2) is 12.8 Å². The van der Waals surface area contributed by atoms with E-state index in [2.05, 4.69) is 0 Å². The smallest absolute Gasteiger partial charge is 0.157 e. The molecule has 1 aromatic rings. The summed E-state index contributed by atoms with van der Waals surface area (Å²) >= 11 is 6.06. The molecule has 1 saturated carbocycles. The van der Waals surface area contributed by atoms with Crippen molar-refractivity contribution in [1.29, 1.82) is 0 Å². The Labute approximate surface area is 115 Å². The molecule has 0 spiro atoms. The maximum absolute atomic E-state index is 13.1. The van der Waals surface area contributed by atoms with E-state index in [1.165, 1.54) is 18.2 Å². The van der Waals surface area contributed by atoms with E-state index in [1.807, 2.05) is 0 Å². The summed E-state index contributed by atoms with van der Waals surface area (Å²) < 4.78 is 79.1. The second-order valence-corrected chi connectivity index (χ2v) is 3.69. The number of Topliss-reactive ketones (excluding diaryl/α,β-unsaturated/α-hetero) is 1. The molecular formula is C13H16ClNO. The Morgan fingerprint density at radius 3 is 3.19 bits per heavy atom. The number of nitrogens with one attached hydrogen (secondary N) is 1. The molecule has 0 radical (unpaired) electrons. The lowest BCUT2D eigenvalue weighted by atomic mass is 9.75. The second-order valence-electron chi connectivity index (χ2n) is 3.29. The van der Waals surface area contributed by atoms with E-state index in [1.54, 1.807) is 0 Å². The molecule has 0 heterocycles. The maximum atomic E-state index is 13.1. The van der Waals surface area contributed by atoms with E-state index < -0.39 is 49.4 Å². The van der Waals surface area contributed by atoms with Gasteiger partial charge in [0.2, 0.25) is 0 Å². The summed E-state index contributed by atoms with van der Waals surface area (Å²) in [5.41, 5.74) is -3.60. The van der Waals surface area contributed by atoms with Crippen molar-refractivity contribution in [3.8, 4) is 0 Å². The minimum Gasteiger partial charge on any atom is -0.304 e. The third-order valence-corrected chi connectivity index (χ3v) is 2.70. The number of halogens is 1. The van der Waals surface area contributed by atoms with Crippen molar-refractivity contribution < 1.29 is 18.5 Å². The van der Waals surface area contributed by atoms with Gasteiger partial charge in [-0.25, -0.2) is 0 Å². The Balaban J connectivity index is 3.02. The van der Waals surface area contributed by atoms with Gasteiger partial charge < -0.3 is 5.31 Å². The molecule has 86 valence electrons. The average Bonchev–Trinajstić information content (AvgIpc) is 2.46. The number of carbonyl (C=O) groups excluding carboxylic acids is 1. The highest BCUT2D eigenvalue weighted by molar-refractivity contribution is 6.31.